The quantitative estimate of drug-likeness (QED) is 0.609. The average Bonchev–Trinajstić information content (AvgIpc) is 3.23. The van der Waals surface area contributed by atoms with Crippen LogP contribution in [0.4, 0.5) is 0 Å². The monoisotopic (exact) mass is 427 g/mol. The molecule has 6 heteroatoms. The van der Waals surface area contributed by atoms with Crippen LogP contribution in [-0.4, -0.2) is 30.9 Å². The molecular formula is C23H25NO3S2. The Bertz CT molecular complexity index is 1110. The molecule has 152 valence electrons. The van der Waals surface area contributed by atoms with E-state index in [9.17, 15) is 13.5 Å². The zero-order valence-electron chi connectivity index (χ0n) is 16.5. The number of aromatic hydroxyl groups is 1. The summed E-state index contributed by atoms with van der Waals surface area (Å²) in [7, 11) is -3.39. The van der Waals surface area contributed by atoms with E-state index in [0.717, 1.165) is 46.4 Å². The van der Waals surface area contributed by atoms with Crippen LogP contribution >= 0.6 is 11.3 Å². The van der Waals surface area contributed by atoms with Gasteiger partial charge in [0.1, 0.15) is 9.96 Å². The topological polar surface area (TPSA) is 57.6 Å². The minimum Gasteiger partial charge on any atom is -0.508 e. The van der Waals surface area contributed by atoms with Gasteiger partial charge in [0.25, 0.3) is 10.0 Å². The minimum absolute atomic E-state index is 0.310. The number of piperidine rings is 1. The highest BCUT2D eigenvalue weighted by molar-refractivity contribution is 7.91. The number of aryl methyl sites for hydroxylation is 1. The van der Waals surface area contributed by atoms with Crippen molar-refractivity contribution in [2.24, 2.45) is 0 Å². The first-order valence-electron chi connectivity index (χ1n) is 9.91. The molecule has 0 radical (unpaired) electrons. The molecule has 4 nitrogen and oxygen atoms in total. The Hall–Kier alpha value is -2.15. The van der Waals surface area contributed by atoms with E-state index in [-0.39, 0.29) is 0 Å². The molecule has 1 fully saturated rings. The summed E-state index contributed by atoms with van der Waals surface area (Å²) in [5.41, 5.74) is 4.05. The summed E-state index contributed by atoms with van der Waals surface area (Å²) in [6, 6.07) is 17.5. The highest BCUT2D eigenvalue weighted by Gasteiger charge is 2.27. The van der Waals surface area contributed by atoms with Crippen LogP contribution < -0.4 is 0 Å². The third-order valence-corrected chi connectivity index (χ3v) is 8.88. The molecule has 2 aromatic carbocycles. The fourth-order valence-corrected chi connectivity index (χ4v) is 6.66. The predicted octanol–water partition coefficient (Wildman–Crippen LogP) is 5.19. The molecule has 3 aromatic rings. The van der Waals surface area contributed by atoms with Crippen molar-refractivity contribution in [3.05, 3.63) is 71.3 Å². The van der Waals surface area contributed by atoms with E-state index in [2.05, 4.69) is 12.1 Å². The highest BCUT2D eigenvalue weighted by atomic mass is 32.2. The van der Waals surface area contributed by atoms with E-state index >= 15 is 0 Å². The number of rotatable bonds is 5. The summed E-state index contributed by atoms with van der Waals surface area (Å²) < 4.78 is 27.9. The van der Waals surface area contributed by atoms with Gasteiger partial charge in [-0.15, -0.1) is 11.3 Å². The number of sulfonamides is 1. The third-order valence-electron chi connectivity index (χ3n) is 5.38. The molecule has 1 aromatic heterocycles. The van der Waals surface area contributed by atoms with Gasteiger partial charge in [0.05, 0.1) is 0 Å². The smallest absolute Gasteiger partial charge is 0.252 e. The van der Waals surface area contributed by atoms with Crippen molar-refractivity contribution >= 4 is 21.4 Å². The number of phenolic OH excluding ortho intramolecular Hbond substituents is 1. The van der Waals surface area contributed by atoms with Gasteiger partial charge in [-0.1, -0.05) is 42.8 Å². The largest absolute Gasteiger partial charge is 0.508 e. The van der Waals surface area contributed by atoms with Crippen LogP contribution in [0.3, 0.4) is 0 Å². The van der Waals surface area contributed by atoms with Gasteiger partial charge in [0.2, 0.25) is 0 Å². The first-order valence-corrected chi connectivity index (χ1v) is 12.2. The zero-order valence-corrected chi connectivity index (χ0v) is 18.1. The Morgan fingerprint density at radius 1 is 0.966 bits per heavy atom. The van der Waals surface area contributed by atoms with Crippen molar-refractivity contribution in [1.29, 1.82) is 0 Å². The van der Waals surface area contributed by atoms with Crippen molar-refractivity contribution < 1.29 is 13.5 Å². The Kier molecular flexibility index (Phi) is 5.76. The molecule has 1 aliphatic heterocycles. The van der Waals surface area contributed by atoms with Crippen molar-refractivity contribution in [3.8, 4) is 16.2 Å². The maximum atomic E-state index is 12.9. The van der Waals surface area contributed by atoms with Gasteiger partial charge >= 0.3 is 0 Å². The molecule has 0 atom stereocenters. The lowest BCUT2D eigenvalue weighted by Gasteiger charge is -2.25. The standard InChI is InChI=1S/C23H25NO3S2/c1-17-8-9-19(16-21(17)25)14-18-6-5-7-20(15-18)22-10-11-23(28-22)29(26,27)24-12-3-2-4-13-24/h5-11,15-16,25H,2-4,12-14H2,1H3. The summed E-state index contributed by atoms with van der Waals surface area (Å²) in [4.78, 5) is 0.953. The van der Waals surface area contributed by atoms with Crippen LogP contribution in [0.2, 0.25) is 0 Å². The molecule has 29 heavy (non-hydrogen) atoms. The van der Waals surface area contributed by atoms with Gasteiger partial charge in [-0.05, 0) is 66.6 Å². The molecular weight excluding hydrogens is 402 g/mol. The van der Waals surface area contributed by atoms with Crippen molar-refractivity contribution in [1.82, 2.24) is 4.31 Å². The van der Waals surface area contributed by atoms with Gasteiger partial charge in [-0.2, -0.15) is 4.31 Å². The number of hydrogen-bond acceptors (Lipinski definition) is 4. The van der Waals surface area contributed by atoms with E-state index in [1.54, 1.807) is 16.4 Å². The number of benzene rings is 2. The molecule has 4 rings (SSSR count). The number of phenols is 1. The van der Waals surface area contributed by atoms with E-state index in [1.807, 2.05) is 37.3 Å². The second kappa shape index (κ2) is 8.30. The third kappa shape index (κ3) is 4.39. The summed E-state index contributed by atoms with van der Waals surface area (Å²) in [5.74, 6) is 0.310. The van der Waals surface area contributed by atoms with E-state index in [1.165, 1.54) is 11.3 Å². The Morgan fingerprint density at radius 3 is 2.48 bits per heavy atom. The summed E-state index contributed by atoms with van der Waals surface area (Å²) in [5, 5.41) is 9.94. The molecule has 0 spiro atoms. The molecule has 2 heterocycles. The molecule has 0 unspecified atom stereocenters. The normalized spacial score (nSPS) is 15.5. The zero-order chi connectivity index (χ0) is 20.4. The maximum absolute atomic E-state index is 12.9. The Balaban J connectivity index is 1.56. The van der Waals surface area contributed by atoms with Crippen LogP contribution in [0.1, 0.15) is 36.0 Å². The molecule has 0 saturated carbocycles. The predicted molar refractivity (Wildman–Crippen MR) is 118 cm³/mol. The molecule has 1 aliphatic rings. The van der Waals surface area contributed by atoms with E-state index in [0.29, 0.717) is 29.5 Å². The number of thiophene rings is 1. The van der Waals surface area contributed by atoms with Crippen LogP contribution in [-0.2, 0) is 16.4 Å². The molecule has 0 aliphatic carbocycles. The number of nitrogens with zero attached hydrogens (tertiary/aromatic N) is 1. The van der Waals surface area contributed by atoms with Crippen LogP contribution in [0, 0.1) is 6.92 Å². The van der Waals surface area contributed by atoms with Gasteiger partial charge < -0.3 is 5.11 Å². The molecule has 1 N–H and O–H groups in total. The summed E-state index contributed by atoms with van der Waals surface area (Å²) in [6.07, 6.45) is 3.70. The van der Waals surface area contributed by atoms with Gasteiger partial charge in [-0.25, -0.2) is 8.42 Å². The van der Waals surface area contributed by atoms with E-state index in [4.69, 9.17) is 0 Å². The first kappa shape index (κ1) is 20.1. The summed E-state index contributed by atoms with van der Waals surface area (Å²) >= 11 is 1.34. The highest BCUT2D eigenvalue weighted by Crippen LogP contribution is 2.34. The Labute approximate surface area is 176 Å². The fourth-order valence-electron chi connectivity index (χ4n) is 3.68. The SMILES string of the molecule is Cc1ccc(Cc2cccc(-c3ccc(S(=O)(=O)N4CCCCC4)s3)c2)cc1O. The van der Waals surface area contributed by atoms with Gasteiger partial charge in [-0.3, -0.25) is 0 Å². The summed E-state index contributed by atoms with van der Waals surface area (Å²) in [6.45, 7) is 3.12. The molecule has 1 saturated heterocycles. The lowest BCUT2D eigenvalue weighted by atomic mass is 10.0. The maximum Gasteiger partial charge on any atom is 0.252 e. The van der Waals surface area contributed by atoms with Crippen molar-refractivity contribution in [3.63, 3.8) is 0 Å². The first-order chi connectivity index (χ1) is 13.9. The van der Waals surface area contributed by atoms with Crippen LogP contribution in [0.25, 0.3) is 10.4 Å². The van der Waals surface area contributed by atoms with Gasteiger partial charge in [0.15, 0.2) is 0 Å². The van der Waals surface area contributed by atoms with Crippen LogP contribution in [0.15, 0.2) is 58.8 Å². The molecule has 0 amide bonds. The van der Waals surface area contributed by atoms with Crippen molar-refractivity contribution in [2.75, 3.05) is 13.1 Å². The second-order valence-electron chi connectivity index (χ2n) is 7.58. The van der Waals surface area contributed by atoms with Crippen molar-refractivity contribution in [2.45, 2.75) is 36.8 Å². The Morgan fingerprint density at radius 2 is 1.72 bits per heavy atom. The fraction of sp³-hybridized carbons (Fsp3) is 0.304. The molecule has 0 bridgehead atoms. The average molecular weight is 428 g/mol. The lowest BCUT2D eigenvalue weighted by Crippen LogP contribution is -2.35. The number of hydrogen-bond donors (Lipinski definition) is 1. The lowest BCUT2D eigenvalue weighted by molar-refractivity contribution is 0.347. The van der Waals surface area contributed by atoms with Crippen LogP contribution in [0.5, 0.6) is 5.75 Å². The minimum atomic E-state index is -3.39. The van der Waals surface area contributed by atoms with Gasteiger partial charge in [0, 0.05) is 18.0 Å². The van der Waals surface area contributed by atoms with E-state index < -0.39 is 10.0 Å². The second-order valence-corrected chi connectivity index (χ2v) is 10.8.